The summed E-state index contributed by atoms with van der Waals surface area (Å²) >= 11 is 2.15. The van der Waals surface area contributed by atoms with Crippen molar-refractivity contribution in [1.82, 2.24) is 0 Å². The molecule has 0 saturated carbocycles. The largest absolute Gasteiger partial charge is 0.396 e. The van der Waals surface area contributed by atoms with Gasteiger partial charge in [-0.05, 0) is 37.2 Å². The van der Waals surface area contributed by atoms with Gasteiger partial charge in [0.2, 0.25) is 0 Å². The van der Waals surface area contributed by atoms with E-state index in [2.05, 4.69) is 11.8 Å². The molecule has 0 radical (unpaired) electrons. The Labute approximate surface area is 149 Å². The van der Waals surface area contributed by atoms with E-state index in [4.69, 9.17) is 10.2 Å². The molecule has 0 aromatic rings. The van der Waals surface area contributed by atoms with Gasteiger partial charge in [-0.2, -0.15) is 11.8 Å². The fourth-order valence-electron chi connectivity index (χ4n) is 2.86. The van der Waals surface area contributed by atoms with Gasteiger partial charge in [0, 0.05) is 13.2 Å². The predicted molar refractivity (Wildman–Crippen MR) is 105 cm³/mol. The summed E-state index contributed by atoms with van der Waals surface area (Å²) in [7, 11) is 0. The lowest BCUT2D eigenvalue weighted by Gasteiger charge is -2.04. The molecule has 0 bridgehead atoms. The molecule has 3 heteroatoms. The van der Waals surface area contributed by atoms with Crippen molar-refractivity contribution in [3.05, 3.63) is 0 Å². The normalized spacial score (nSPS) is 11.2. The molecule has 0 spiro atoms. The van der Waals surface area contributed by atoms with Gasteiger partial charge in [0.1, 0.15) is 0 Å². The van der Waals surface area contributed by atoms with Crippen LogP contribution in [0.2, 0.25) is 0 Å². The molecule has 0 fully saturated rings. The van der Waals surface area contributed by atoms with E-state index in [-0.39, 0.29) is 0 Å². The van der Waals surface area contributed by atoms with E-state index in [1.807, 2.05) is 0 Å². The summed E-state index contributed by atoms with van der Waals surface area (Å²) in [4.78, 5) is 0. The van der Waals surface area contributed by atoms with Crippen LogP contribution in [-0.2, 0) is 0 Å². The highest BCUT2D eigenvalue weighted by Gasteiger charge is 1.95. The quantitative estimate of drug-likeness (QED) is 0.268. The van der Waals surface area contributed by atoms with E-state index in [1.54, 1.807) is 0 Å². The maximum Gasteiger partial charge on any atom is 0.0431 e. The Hall–Kier alpha value is 0.270. The third-order valence-electron chi connectivity index (χ3n) is 4.39. The average molecular weight is 347 g/mol. The molecule has 2 nitrogen and oxygen atoms in total. The second kappa shape index (κ2) is 22.3. The van der Waals surface area contributed by atoms with Gasteiger partial charge in [-0.1, -0.05) is 77.0 Å². The average Bonchev–Trinajstić information content (AvgIpc) is 2.57. The summed E-state index contributed by atoms with van der Waals surface area (Å²) < 4.78 is 0. The summed E-state index contributed by atoms with van der Waals surface area (Å²) in [5.41, 5.74) is 0. The molecular formula is C20H42O2S. The second-order valence-electron chi connectivity index (χ2n) is 6.72. The van der Waals surface area contributed by atoms with Gasteiger partial charge in [0.15, 0.2) is 0 Å². The highest BCUT2D eigenvalue weighted by molar-refractivity contribution is 7.99. The predicted octanol–water partition coefficient (Wildman–Crippen LogP) is 5.95. The Morgan fingerprint density at radius 2 is 0.609 bits per heavy atom. The molecule has 140 valence electrons. The van der Waals surface area contributed by atoms with Crippen molar-refractivity contribution in [2.24, 2.45) is 0 Å². The Morgan fingerprint density at radius 1 is 0.348 bits per heavy atom. The van der Waals surface area contributed by atoms with E-state index in [0.717, 1.165) is 12.8 Å². The first-order valence-corrected chi connectivity index (χ1v) is 11.4. The molecule has 0 unspecified atom stereocenters. The van der Waals surface area contributed by atoms with Crippen molar-refractivity contribution in [1.29, 1.82) is 0 Å². The number of hydrogen-bond donors (Lipinski definition) is 2. The topological polar surface area (TPSA) is 40.5 Å². The molecule has 0 aromatic heterocycles. The molecule has 0 aromatic carbocycles. The van der Waals surface area contributed by atoms with Gasteiger partial charge >= 0.3 is 0 Å². The monoisotopic (exact) mass is 346 g/mol. The number of rotatable bonds is 20. The maximum absolute atomic E-state index is 8.70. The smallest absolute Gasteiger partial charge is 0.0431 e. The highest BCUT2D eigenvalue weighted by Crippen LogP contribution is 2.14. The minimum absolute atomic E-state index is 0.363. The number of thioether (sulfide) groups is 1. The molecule has 23 heavy (non-hydrogen) atoms. The van der Waals surface area contributed by atoms with Crippen molar-refractivity contribution in [2.45, 2.75) is 103 Å². The first kappa shape index (κ1) is 23.3. The summed E-state index contributed by atoms with van der Waals surface area (Å²) in [6.07, 6.45) is 20.9. The summed E-state index contributed by atoms with van der Waals surface area (Å²) in [6.45, 7) is 0.726. The number of hydrogen-bond acceptors (Lipinski definition) is 3. The van der Waals surface area contributed by atoms with Gasteiger partial charge in [-0.3, -0.25) is 0 Å². The van der Waals surface area contributed by atoms with Crippen molar-refractivity contribution in [3.63, 3.8) is 0 Å². The van der Waals surface area contributed by atoms with Crippen LogP contribution in [0.15, 0.2) is 0 Å². The third-order valence-corrected chi connectivity index (χ3v) is 5.55. The Morgan fingerprint density at radius 3 is 0.913 bits per heavy atom. The fourth-order valence-corrected chi connectivity index (χ4v) is 3.88. The molecule has 0 aliphatic rings. The molecule has 0 aliphatic carbocycles. The molecule has 0 amide bonds. The minimum atomic E-state index is 0.363. The zero-order valence-corrected chi connectivity index (χ0v) is 16.3. The lowest BCUT2D eigenvalue weighted by atomic mass is 10.1. The fraction of sp³-hybridized carbons (Fsp3) is 1.00. The van der Waals surface area contributed by atoms with Crippen molar-refractivity contribution in [2.75, 3.05) is 24.7 Å². The zero-order valence-electron chi connectivity index (χ0n) is 15.4. The van der Waals surface area contributed by atoms with Gasteiger partial charge in [-0.15, -0.1) is 0 Å². The van der Waals surface area contributed by atoms with Crippen LogP contribution in [0.25, 0.3) is 0 Å². The zero-order chi connectivity index (χ0) is 16.8. The molecule has 0 heterocycles. The van der Waals surface area contributed by atoms with Crippen LogP contribution in [0.5, 0.6) is 0 Å². The van der Waals surface area contributed by atoms with E-state index in [0.29, 0.717) is 13.2 Å². The molecule has 2 N–H and O–H groups in total. The van der Waals surface area contributed by atoms with E-state index >= 15 is 0 Å². The second-order valence-corrected chi connectivity index (χ2v) is 7.94. The molecule has 0 aliphatic heterocycles. The van der Waals surface area contributed by atoms with Crippen molar-refractivity contribution < 1.29 is 10.2 Å². The first-order valence-electron chi connectivity index (χ1n) is 10.2. The van der Waals surface area contributed by atoms with Crippen LogP contribution in [0.1, 0.15) is 103 Å². The summed E-state index contributed by atoms with van der Waals surface area (Å²) in [5, 5.41) is 17.4. The van der Waals surface area contributed by atoms with Gasteiger partial charge in [-0.25, -0.2) is 0 Å². The van der Waals surface area contributed by atoms with Crippen LogP contribution >= 0.6 is 11.8 Å². The van der Waals surface area contributed by atoms with Crippen LogP contribution in [0, 0.1) is 0 Å². The number of aliphatic hydroxyl groups excluding tert-OH is 2. The van der Waals surface area contributed by atoms with Crippen molar-refractivity contribution >= 4 is 11.8 Å². The number of unbranched alkanes of at least 4 members (excludes halogenated alkanes) is 14. The molecule has 0 saturated heterocycles. The maximum atomic E-state index is 8.70. The summed E-state index contributed by atoms with van der Waals surface area (Å²) in [5.74, 6) is 2.71. The van der Waals surface area contributed by atoms with Gasteiger partial charge < -0.3 is 10.2 Å². The lowest BCUT2D eigenvalue weighted by Crippen LogP contribution is -1.88. The SMILES string of the molecule is OCCCCCCCCCCSCCCCCCCCCCO. The molecule has 0 atom stereocenters. The van der Waals surface area contributed by atoms with Gasteiger partial charge in [0.25, 0.3) is 0 Å². The van der Waals surface area contributed by atoms with E-state index in [9.17, 15) is 0 Å². The Balaban J connectivity index is 2.92. The van der Waals surface area contributed by atoms with Crippen LogP contribution in [0.4, 0.5) is 0 Å². The van der Waals surface area contributed by atoms with Gasteiger partial charge in [0.05, 0.1) is 0 Å². The third kappa shape index (κ3) is 22.3. The molecular weight excluding hydrogens is 304 g/mol. The Kier molecular flexibility index (Phi) is 22.5. The van der Waals surface area contributed by atoms with Crippen LogP contribution in [0.3, 0.4) is 0 Å². The first-order chi connectivity index (χ1) is 11.4. The summed E-state index contributed by atoms with van der Waals surface area (Å²) in [6, 6.07) is 0. The van der Waals surface area contributed by atoms with Crippen LogP contribution in [-0.4, -0.2) is 34.9 Å². The van der Waals surface area contributed by atoms with Crippen LogP contribution < -0.4 is 0 Å². The van der Waals surface area contributed by atoms with E-state index < -0.39 is 0 Å². The Bertz CT molecular complexity index is 180. The molecule has 0 rings (SSSR count). The minimum Gasteiger partial charge on any atom is -0.396 e. The van der Waals surface area contributed by atoms with Crippen molar-refractivity contribution in [3.8, 4) is 0 Å². The standard InChI is InChI=1S/C20H42O2S/c21-17-13-9-5-1-3-7-11-15-19-23-20-16-12-8-4-2-6-10-14-18-22/h21-22H,1-20H2. The number of aliphatic hydroxyl groups is 2. The lowest BCUT2D eigenvalue weighted by molar-refractivity contribution is 0.282. The van der Waals surface area contributed by atoms with E-state index in [1.165, 1.54) is 101 Å². The highest BCUT2D eigenvalue weighted by atomic mass is 32.2.